The normalized spacial score (nSPS) is 24.6. The van der Waals surface area contributed by atoms with Gasteiger partial charge in [-0.15, -0.1) is 12.4 Å². The molecule has 0 unspecified atom stereocenters. The molecule has 1 aromatic rings. The lowest BCUT2D eigenvalue weighted by atomic mass is 9.91. The zero-order chi connectivity index (χ0) is 13.2. The van der Waals surface area contributed by atoms with Gasteiger partial charge in [0, 0.05) is 17.6 Å². The molecule has 2 aliphatic rings. The second-order valence-corrected chi connectivity index (χ2v) is 5.56. The summed E-state index contributed by atoms with van der Waals surface area (Å²) in [6.45, 7) is 1.28. The fourth-order valence-electron chi connectivity index (χ4n) is 2.85. The molecule has 0 atom stereocenters. The fourth-order valence-corrected chi connectivity index (χ4v) is 2.85. The van der Waals surface area contributed by atoms with Crippen LogP contribution in [0.5, 0.6) is 0 Å². The van der Waals surface area contributed by atoms with E-state index in [0.29, 0.717) is 19.3 Å². The van der Waals surface area contributed by atoms with Crippen LogP contribution >= 0.6 is 12.4 Å². The molecule has 1 fully saturated rings. The summed E-state index contributed by atoms with van der Waals surface area (Å²) in [7, 11) is 0. The fraction of sp³-hybridized carbons (Fsp3) is 0.533. The third-order valence-electron chi connectivity index (χ3n) is 4.09. The van der Waals surface area contributed by atoms with Crippen LogP contribution in [0, 0.1) is 0 Å². The first-order valence-electron chi connectivity index (χ1n) is 6.98. The molecule has 1 aliphatic carbocycles. The third kappa shape index (κ3) is 3.32. The maximum atomic E-state index is 12.2. The molecule has 1 aliphatic heterocycles. The van der Waals surface area contributed by atoms with Gasteiger partial charge >= 0.3 is 0 Å². The van der Waals surface area contributed by atoms with Gasteiger partial charge in [0.05, 0.1) is 13.2 Å². The first-order chi connectivity index (χ1) is 9.22. The Balaban J connectivity index is 0.00000147. The molecule has 110 valence electrons. The standard InChI is InChI=1S/C15H20N2O2.ClH/c16-13-3-5-14(6-4-13)17-15(18)10-1-2-11-8-19-9-12(11)7-10;/h1-2,7,13-14H,3-6,8-9,16H2,(H,17,18);1H. The van der Waals surface area contributed by atoms with Crippen LogP contribution in [-0.4, -0.2) is 18.0 Å². The maximum absolute atomic E-state index is 12.2. The lowest BCUT2D eigenvalue weighted by Gasteiger charge is -2.26. The molecule has 1 saturated carbocycles. The molecule has 1 amide bonds. The number of fused-ring (bicyclic) bond motifs is 1. The summed E-state index contributed by atoms with van der Waals surface area (Å²) in [6.07, 6.45) is 3.98. The number of halogens is 1. The van der Waals surface area contributed by atoms with Gasteiger partial charge in [0.25, 0.3) is 5.91 Å². The van der Waals surface area contributed by atoms with Crippen LogP contribution in [0.4, 0.5) is 0 Å². The monoisotopic (exact) mass is 296 g/mol. The lowest BCUT2D eigenvalue weighted by Crippen LogP contribution is -2.40. The van der Waals surface area contributed by atoms with Gasteiger partial charge in [0.2, 0.25) is 0 Å². The van der Waals surface area contributed by atoms with E-state index in [9.17, 15) is 4.79 Å². The van der Waals surface area contributed by atoms with Gasteiger partial charge in [0.1, 0.15) is 0 Å². The van der Waals surface area contributed by atoms with Crippen LogP contribution in [0.25, 0.3) is 0 Å². The van der Waals surface area contributed by atoms with Crippen molar-refractivity contribution in [2.24, 2.45) is 5.73 Å². The maximum Gasteiger partial charge on any atom is 0.251 e. The van der Waals surface area contributed by atoms with E-state index in [1.165, 1.54) is 5.56 Å². The van der Waals surface area contributed by atoms with E-state index in [0.717, 1.165) is 36.8 Å². The van der Waals surface area contributed by atoms with Crippen molar-refractivity contribution < 1.29 is 9.53 Å². The Bertz CT molecular complexity index is 485. The quantitative estimate of drug-likeness (QED) is 0.879. The lowest BCUT2D eigenvalue weighted by molar-refractivity contribution is 0.0925. The summed E-state index contributed by atoms with van der Waals surface area (Å²) in [5, 5.41) is 3.11. The number of nitrogens with two attached hydrogens (primary N) is 1. The van der Waals surface area contributed by atoms with E-state index in [-0.39, 0.29) is 24.4 Å². The molecule has 3 N–H and O–H groups in total. The summed E-state index contributed by atoms with van der Waals surface area (Å²) >= 11 is 0. The number of amides is 1. The number of benzene rings is 1. The average Bonchev–Trinajstić information content (AvgIpc) is 2.88. The number of ether oxygens (including phenoxy) is 1. The minimum atomic E-state index is 0. The number of hydrogen-bond acceptors (Lipinski definition) is 3. The zero-order valence-corrected chi connectivity index (χ0v) is 12.2. The molecular weight excluding hydrogens is 276 g/mol. The van der Waals surface area contributed by atoms with Crippen molar-refractivity contribution in [3.8, 4) is 0 Å². The number of carbonyl (C=O) groups is 1. The highest BCUT2D eigenvalue weighted by atomic mass is 35.5. The smallest absolute Gasteiger partial charge is 0.251 e. The molecule has 0 spiro atoms. The first-order valence-corrected chi connectivity index (χ1v) is 6.98. The third-order valence-corrected chi connectivity index (χ3v) is 4.09. The van der Waals surface area contributed by atoms with Crippen molar-refractivity contribution in [3.63, 3.8) is 0 Å². The van der Waals surface area contributed by atoms with Crippen molar-refractivity contribution in [3.05, 3.63) is 34.9 Å². The minimum Gasteiger partial charge on any atom is -0.372 e. The Hall–Kier alpha value is -1.10. The van der Waals surface area contributed by atoms with Crippen LogP contribution in [0.3, 0.4) is 0 Å². The van der Waals surface area contributed by atoms with Crippen molar-refractivity contribution in [1.29, 1.82) is 0 Å². The molecule has 4 nitrogen and oxygen atoms in total. The second-order valence-electron chi connectivity index (χ2n) is 5.56. The van der Waals surface area contributed by atoms with Gasteiger partial charge in [-0.05, 0) is 48.9 Å². The highest BCUT2D eigenvalue weighted by molar-refractivity contribution is 5.94. The number of hydrogen-bond donors (Lipinski definition) is 2. The van der Waals surface area contributed by atoms with Gasteiger partial charge in [-0.25, -0.2) is 0 Å². The van der Waals surface area contributed by atoms with Crippen molar-refractivity contribution >= 4 is 18.3 Å². The van der Waals surface area contributed by atoms with Gasteiger partial charge in [-0.2, -0.15) is 0 Å². The Morgan fingerprint density at radius 2 is 1.85 bits per heavy atom. The number of rotatable bonds is 2. The van der Waals surface area contributed by atoms with E-state index in [4.69, 9.17) is 10.5 Å². The van der Waals surface area contributed by atoms with Crippen LogP contribution in [0.2, 0.25) is 0 Å². The van der Waals surface area contributed by atoms with Crippen molar-refractivity contribution in [2.75, 3.05) is 0 Å². The predicted molar refractivity (Wildman–Crippen MR) is 79.9 cm³/mol. The number of nitrogens with one attached hydrogen (secondary N) is 1. The van der Waals surface area contributed by atoms with Crippen LogP contribution in [0.1, 0.15) is 47.2 Å². The molecule has 20 heavy (non-hydrogen) atoms. The molecular formula is C15H21ClN2O2. The Labute approximate surface area is 125 Å². The van der Waals surface area contributed by atoms with Crippen LogP contribution in [0.15, 0.2) is 18.2 Å². The summed E-state index contributed by atoms with van der Waals surface area (Å²) < 4.78 is 5.37. The second kappa shape index (κ2) is 6.57. The molecule has 3 rings (SSSR count). The highest BCUT2D eigenvalue weighted by Gasteiger charge is 2.21. The van der Waals surface area contributed by atoms with Gasteiger partial charge in [-0.1, -0.05) is 6.07 Å². The Morgan fingerprint density at radius 1 is 1.15 bits per heavy atom. The van der Waals surface area contributed by atoms with E-state index in [1.54, 1.807) is 0 Å². The molecule has 0 radical (unpaired) electrons. The molecule has 0 bridgehead atoms. The van der Waals surface area contributed by atoms with E-state index < -0.39 is 0 Å². The average molecular weight is 297 g/mol. The van der Waals surface area contributed by atoms with E-state index in [2.05, 4.69) is 5.32 Å². The molecule has 0 aromatic heterocycles. The van der Waals surface area contributed by atoms with E-state index in [1.807, 2.05) is 18.2 Å². The summed E-state index contributed by atoms with van der Waals surface area (Å²) in [6, 6.07) is 6.42. The summed E-state index contributed by atoms with van der Waals surface area (Å²) in [4.78, 5) is 12.2. The van der Waals surface area contributed by atoms with E-state index >= 15 is 0 Å². The molecule has 1 heterocycles. The minimum absolute atomic E-state index is 0. The van der Waals surface area contributed by atoms with Gasteiger partial charge in [0.15, 0.2) is 0 Å². The predicted octanol–water partition coefficient (Wildman–Crippen LogP) is 2.14. The largest absolute Gasteiger partial charge is 0.372 e. The molecule has 0 saturated heterocycles. The van der Waals surface area contributed by atoms with Crippen molar-refractivity contribution in [1.82, 2.24) is 5.32 Å². The van der Waals surface area contributed by atoms with Gasteiger partial charge < -0.3 is 15.8 Å². The van der Waals surface area contributed by atoms with Crippen molar-refractivity contribution in [2.45, 2.75) is 51.0 Å². The first kappa shape index (κ1) is 15.3. The molecule has 1 aromatic carbocycles. The summed E-state index contributed by atoms with van der Waals surface area (Å²) in [5.41, 5.74) is 8.94. The Kier molecular flexibility index (Phi) is 5.02. The zero-order valence-electron chi connectivity index (χ0n) is 11.4. The summed E-state index contributed by atoms with van der Waals surface area (Å²) in [5.74, 6) is 0.0233. The topological polar surface area (TPSA) is 64.3 Å². The number of carbonyl (C=O) groups excluding carboxylic acids is 1. The Morgan fingerprint density at radius 3 is 2.60 bits per heavy atom. The van der Waals surface area contributed by atoms with Crippen LogP contribution < -0.4 is 11.1 Å². The SMILES string of the molecule is Cl.NC1CCC(NC(=O)c2ccc3c(c2)COC3)CC1. The van der Waals surface area contributed by atoms with Gasteiger partial charge in [-0.3, -0.25) is 4.79 Å². The molecule has 5 heteroatoms. The highest BCUT2D eigenvalue weighted by Crippen LogP contribution is 2.22. The van der Waals surface area contributed by atoms with Crippen LogP contribution in [-0.2, 0) is 18.0 Å².